The minimum Gasteiger partial charge on any atom is -0.497 e. The normalized spacial score (nSPS) is 10.5. The zero-order valence-electron chi connectivity index (χ0n) is 13.3. The van der Waals surface area contributed by atoms with Gasteiger partial charge in [-0.25, -0.2) is 4.98 Å². The molecule has 0 aliphatic carbocycles. The van der Waals surface area contributed by atoms with Crippen LogP contribution in [0.4, 0.5) is 5.82 Å². The van der Waals surface area contributed by atoms with Crippen molar-refractivity contribution in [3.05, 3.63) is 52.7 Å². The van der Waals surface area contributed by atoms with Crippen LogP contribution < -0.4 is 10.2 Å². The van der Waals surface area contributed by atoms with E-state index in [9.17, 15) is 5.26 Å². The molecule has 0 aliphatic heterocycles. The highest BCUT2D eigenvalue weighted by Crippen LogP contribution is 2.19. The summed E-state index contributed by atoms with van der Waals surface area (Å²) in [7, 11) is 3.21. The molecule has 0 unspecified atom stereocenters. The molecule has 1 N–H and O–H groups in total. The summed E-state index contributed by atoms with van der Waals surface area (Å²) in [6.07, 6.45) is 1.65. The number of nitrogens with one attached hydrogen (secondary N) is 1. The fraction of sp³-hybridized carbons (Fsp3) is 0.235. The molecule has 0 saturated heterocycles. The molecule has 1 aromatic heterocycles. The van der Waals surface area contributed by atoms with Crippen molar-refractivity contribution >= 4 is 12.0 Å². The van der Waals surface area contributed by atoms with E-state index in [1.807, 2.05) is 37.3 Å². The Morgan fingerprint density at radius 3 is 2.65 bits per heavy atom. The molecule has 0 aliphatic rings. The highest BCUT2D eigenvalue weighted by atomic mass is 16.5. The molecule has 23 heavy (non-hydrogen) atoms. The summed E-state index contributed by atoms with van der Waals surface area (Å²) in [5.74, 6) is 1.20. The lowest BCUT2D eigenvalue weighted by atomic mass is 10.1. The summed E-state index contributed by atoms with van der Waals surface area (Å²) >= 11 is 0. The molecule has 0 amide bonds. The van der Waals surface area contributed by atoms with Crippen LogP contribution in [0.15, 0.2) is 35.4 Å². The van der Waals surface area contributed by atoms with Crippen molar-refractivity contribution in [2.75, 3.05) is 19.6 Å². The lowest BCUT2D eigenvalue weighted by Crippen LogP contribution is -2.03. The second-order valence-corrected chi connectivity index (χ2v) is 4.83. The van der Waals surface area contributed by atoms with Crippen LogP contribution in [0.3, 0.4) is 0 Å². The molecule has 6 nitrogen and oxygen atoms in total. The smallest absolute Gasteiger partial charge is 0.164 e. The van der Waals surface area contributed by atoms with Crippen LogP contribution in [-0.2, 0) is 11.3 Å². The standard InChI is InChI=1S/C17H18N4O2/c1-12-8-14(11-22-2)16(9-18)17(20-12)21-19-10-13-4-6-15(23-3)7-5-13/h4-8,10H,11H2,1-3H3,(H,20,21)/b19-10-. The molecule has 6 heteroatoms. The van der Waals surface area contributed by atoms with Gasteiger partial charge in [0.05, 0.1) is 19.9 Å². The molecule has 0 fully saturated rings. The average Bonchev–Trinajstić information content (AvgIpc) is 2.55. The number of nitrogens with zero attached hydrogens (tertiary/aromatic N) is 3. The number of pyridine rings is 1. The van der Waals surface area contributed by atoms with E-state index in [0.29, 0.717) is 18.0 Å². The fourth-order valence-corrected chi connectivity index (χ4v) is 2.07. The van der Waals surface area contributed by atoms with Gasteiger partial charge in [0.25, 0.3) is 0 Å². The number of methoxy groups -OCH3 is 2. The number of nitriles is 1. The highest BCUT2D eigenvalue weighted by Gasteiger charge is 2.10. The number of rotatable bonds is 6. The number of hydrogen-bond acceptors (Lipinski definition) is 6. The van der Waals surface area contributed by atoms with Gasteiger partial charge >= 0.3 is 0 Å². The number of ether oxygens (including phenoxy) is 2. The Morgan fingerprint density at radius 1 is 1.30 bits per heavy atom. The van der Waals surface area contributed by atoms with E-state index in [-0.39, 0.29) is 0 Å². The topological polar surface area (TPSA) is 79.5 Å². The molecule has 0 spiro atoms. The summed E-state index contributed by atoms with van der Waals surface area (Å²) in [6.45, 7) is 2.21. The third-order valence-corrected chi connectivity index (χ3v) is 3.14. The first-order chi connectivity index (χ1) is 11.2. The lowest BCUT2D eigenvalue weighted by Gasteiger charge is -2.09. The SMILES string of the molecule is COCc1cc(C)nc(N/N=C\c2ccc(OC)cc2)c1C#N. The van der Waals surface area contributed by atoms with Crippen LogP contribution in [-0.4, -0.2) is 25.4 Å². The van der Waals surface area contributed by atoms with Crippen molar-refractivity contribution in [3.63, 3.8) is 0 Å². The lowest BCUT2D eigenvalue weighted by molar-refractivity contribution is 0.184. The van der Waals surface area contributed by atoms with Crippen molar-refractivity contribution in [2.45, 2.75) is 13.5 Å². The molecule has 2 rings (SSSR count). The van der Waals surface area contributed by atoms with Gasteiger partial charge in [0.2, 0.25) is 0 Å². The van der Waals surface area contributed by atoms with E-state index in [1.54, 1.807) is 20.4 Å². The molecule has 118 valence electrons. The Bertz CT molecular complexity index is 733. The van der Waals surface area contributed by atoms with Gasteiger partial charge in [0.1, 0.15) is 17.4 Å². The Balaban J connectivity index is 2.18. The van der Waals surface area contributed by atoms with Crippen molar-refractivity contribution in [1.82, 2.24) is 4.98 Å². The summed E-state index contributed by atoms with van der Waals surface area (Å²) in [6, 6.07) is 11.4. The van der Waals surface area contributed by atoms with E-state index in [1.165, 1.54) is 0 Å². The highest BCUT2D eigenvalue weighted by molar-refractivity contribution is 5.80. The number of anilines is 1. The van der Waals surface area contributed by atoms with Gasteiger partial charge in [-0.2, -0.15) is 10.4 Å². The third-order valence-electron chi connectivity index (χ3n) is 3.14. The maximum Gasteiger partial charge on any atom is 0.164 e. The number of hydrogen-bond donors (Lipinski definition) is 1. The molecule has 1 heterocycles. The maximum atomic E-state index is 9.34. The van der Waals surface area contributed by atoms with Crippen LogP contribution in [0.25, 0.3) is 0 Å². The number of aromatic nitrogens is 1. The van der Waals surface area contributed by atoms with Crippen molar-refractivity contribution in [3.8, 4) is 11.8 Å². The summed E-state index contributed by atoms with van der Waals surface area (Å²) < 4.78 is 10.2. The zero-order chi connectivity index (χ0) is 16.7. The van der Waals surface area contributed by atoms with Gasteiger partial charge in [-0.1, -0.05) is 0 Å². The second-order valence-electron chi connectivity index (χ2n) is 4.83. The van der Waals surface area contributed by atoms with Crippen LogP contribution >= 0.6 is 0 Å². The Kier molecular flexibility index (Phi) is 5.67. The van der Waals surface area contributed by atoms with E-state index in [0.717, 1.165) is 22.6 Å². The van der Waals surface area contributed by atoms with Crippen molar-refractivity contribution in [1.29, 1.82) is 5.26 Å². The first-order valence-corrected chi connectivity index (χ1v) is 7.00. The van der Waals surface area contributed by atoms with E-state index in [2.05, 4.69) is 21.6 Å². The van der Waals surface area contributed by atoms with E-state index >= 15 is 0 Å². The first-order valence-electron chi connectivity index (χ1n) is 7.00. The predicted molar refractivity (Wildman–Crippen MR) is 88.6 cm³/mol. The molecule has 0 saturated carbocycles. The Morgan fingerprint density at radius 2 is 2.04 bits per heavy atom. The van der Waals surface area contributed by atoms with Crippen LogP contribution in [0, 0.1) is 18.3 Å². The Hall–Kier alpha value is -2.91. The van der Waals surface area contributed by atoms with Crippen LogP contribution in [0.5, 0.6) is 5.75 Å². The Labute approximate surface area is 135 Å². The number of hydrazone groups is 1. The molecule has 0 bridgehead atoms. The van der Waals surface area contributed by atoms with Gasteiger partial charge in [-0.05, 0) is 42.8 Å². The summed E-state index contributed by atoms with van der Waals surface area (Å²) in [5, 5.41) is 13.5. The third kappa shape index (κ3) is 4.28. The number of benzene rings is 1. The van der Waals surface area contributed by atoms with Crippen molar-refractivity contribution < 1.29 is 9.47 Å². The molecule has 0 atom stereocenters. The number of aryl methyl sites for hydroxylation is 1. The molecule has 0 radical (unpaired) electrons. The van der Waals surface area contributed by atoms with E-state index < -0.39 is 0 Å². The molecular formula is C17H18N4O2. The maximum absolute atomic E-state index is 9.34. The van der Waals surface area contributed by atoms with Crippen molar-refractivity contribution in [2.24, 2.45) is 5.10 Å². The monoisotopic (exact) mass is 310 g/mol. The van der Waals surface area contributed by atoms with Gasteiger partial charge < -0.3 is 9.47 Å². The second kappa shape index (κ2) is 7.92. The largest absolute Gasteiger partial charge is 0.497 e. The average molecular weight is 310 g/mol. The zero-order valence-corrected chi connectivity index (χ0v) is 13.3. The molecular weight excluding hydrogens is 292 g/mol. The summed E-state index contributed by atoms with van der Waals surface area (Å²) in [4.78, 5) is 4.32. The van der Waals surface area contributed by atoms with Gasteiger partial charge in [-0.15, -0.1) is 0 Å². The molecule has 2 aromatic rings. The van der Waals surface area contributed by atoms with Gasteiger partial charge in [0, 0.05) is 18.4 Å². The van der Waals surface area contributed by atoms with E-state index in [4.69, 9.17) is 9.47 Å². The van der Waals surface area contributed by atoms with Crippen LogP contribution in [0.2, 0.25) is 0 Å². The van der Waals surface area contributed by atoms with Gasteiger partial charge in [0.15, 0.2) is 5.82 Å². The quantitative estimate of drug-likeness (QED) is 0.655. The van der Waals surface area contributed by atoms with Gasteiger partial charge in [-0.3, -0.25) is 5.43 Å². The minimum absolute atomic E-state index is 0.350. The first kappa shape index (κ1) is 16.5. The predicted octanol–water partition coefficient (Wildman–Crippen LogP) is 2.86. The van der Waals surface area contributed by atoms with Crippen LogP contribution in [0.1, 0.15) is 22.4 Å². The minimum atomic E-state index is 0.350. The fourth-order valence-electron chi connectivity index (χ4n) is 2.07. The summed E-state index contributed by atoms with van der Waals surface area (Å²) in [5.41, 5.74) is 5.74. The molecule has 1 aromatic carbocycles.